The fourth-order valence-electron chi connectivity index (χ4n) is 1.30. The van der Waals surface area contributed by atoms with E-state index in [2.05, 4.69) is 19.2 Å². The van der Waals surface area contributed by atoms with E-state index in [1.54, 1.807) is 12.1 Å². The quantitative estimate of drug-likeness (QED) is 0.782. The molecule has 1 atom stereocenters. The highest BCUT2D eigenvalue weighted by Gasteiger charge is 2.03. The maximum Gasteiger partial charge on any atom is 0.128 e. The molecule has 1 aromatic rings. The van der Waals surface area contributed by atoms with E-state index in [0.717, 1.165) is 12.0 Å². The van der Waals surface area contributed by atoms with Crippen molar-refractivity contribution in [2.45, 2.75) is 39.5 Å². The van der Waals surface area contributed by atoms with Gasteiger partial charge in [0.2, 0.25) is 0 Å². The molecule has 0 spiro atoms. The third-order valence-electron chi connectivity index (χ3n) is 2.55. The summed E-state index contributed by atoms with van der Waals surface area (Å²) in [7, 11) is 0. The molecule has 0 bridgehead atoms. The molecule has 1 rings (SSSR count). The highest BCUT2D eigenvalue weighted by atomic mass is 19.1. The van der Waals surface area contributed by atoms with Crippen LogP contribution < -0.4 is 5.32 Å². The van der Waals surface area contributed by atoms with E-state index < -0.39 is 0 Å². The van der Waals surface area contributed by atoms with Crippen molar-refractivity contribution in [3.05, 3.63) is 35.1 Å². The maximum atomic E-state index is 13.1. The van der Waals surface area contributed by atoms with Crippen molar-refractivity contribution in [2.24, 2.45) is 0 Å². The van der Waals surface area contributed by atoms with Crippen molar-refractivity contribution < 1.29 is 9.50 Å². The van der Waals surface area contributed by atoms with Crippen molar-refractivity contribution in [3.8, 4) is 0 Å². The molecule has 2 nitrogen and oxygen atoms in total. The van der Waals surface area contributed by atoms with Crippen LogP contribution >= 0.6 is 0 Å². The minimum absolute atomic E-state index is 0.247. The molecule has 1 aromatic carbocycles. The Morgan fingerprint density at radius 1 is 1.47 bits per heavy atom. The second-order valence-corrected chi connectivity index (χ2v) is 3.77. The summed E-state index contributed by atoms with van der Waals surface area (Å²) in [6, 6.07) is 5.29. The van der Waals surface area contributed by atoms with E-state index >= 15 is 0 Å². The van der Waals surface area contributed by atoms with Gasteiger partial charge in [0, 0.05) is 18.2 Å². The summed E-state index contributed by atoms with van der Waals surface area (Å²) in [4.78, 5) is 0. The number of aliphatic hydroxyl groups excluding tert-OH is 1. The largest absolute Gasteiger partial charge is 0.392 e. The van der Waals surface area contributed by atoms with Crippen LogP contribution in [-0.4, -0.2) is 11.1 Å². The van der Waals surface area contributed by atoms with Gasteiger partial charge in [0.1, 0.15) is 5.82 Å². The van der Waals surface area contributed by atoms with Gasteiger partial charge >= 0.3 is 0 Å². The molecule has 84 valence electrons. The molecule has 0 radical (unpaired) electrons. The first-order valence-electron chi connectivity index (χ1n) is 5.29. The topological polar surface area (TPSA) is 32.3 Å². The van der Waals surface area contributed by atoms with Gasteiger partial charge in [-0.1, -0.05) is 13.0 Å². The Bertz CT molecular complexity index is 314. The first-order valence-corrected chi connectivity index (χ1v) is 5.29. The van der Waals surface area contributed by atoms with Crippen molar-refractivity contribution in [1.82, 2.24) is 5.32 Å². The van der Waals surface area contributed by atoms with E-state index in [-0.39, 0.29) is 12.4 Å². The smallest absolute Gasteiger partial charge is 0.128 e. The number of benzene rings is 1. The molecular formula is C12H18FNO. The molecule has 0 amide bonds. The third kappa shape index (κ3) is 3.61. The Morgan fingerprint density at radius 3 is 2.80 bits per heavy atom. The predicted octanol–water partition coefficient (Wildman–Crippen LogP) is 2.21. The summed E-state index contributed by atoms with van der Waals surface area (Å²) in [5.41, 5.74) is 1.36. The van der Waals surface area contributed by atoms with Gasteiger partial charge in [-0.05, 0) is 31.0 Å². The van der Waals surface area contributed by atoms with Crippen LogP contribution in [-0.2, 0) is 13.2 Å². The summed E-state index contributed by atoms with van der Waals surface area (Å²) < 4.78 is 13.1. The first kappa shape index (κ1) is 12.1. The molecule has 2 N–H and O–H groups in total. The summed E-state index contributed by atoms with van der Waals surface area (Å²) in [5.74, 6) is -0.343. The molecule has 15 heavy (non-hydrogen) atoms. The highest BCUT2D eigenvalue weighted by molar-refractivity contribution is 5.24. The molecule has 0 fully saturated rings. The molecule has 0 saturated carbocycles. The van der Waals surface area contributed by atoms with Crippen LogP contribution in [0.3, 0.4) is 0 Å². The fourth-order valence-corrected chi connectivity index (χ4v) is 1.30. The zero-order valence-corrected chi connectivity index (χ0v) is 9.26. The van der Waals surface area contributed by atoms with E-state index in [1.165, 1.54) is 6.07 Å². The number of halogens is 1. The Morgan fingerprint density at radius 2 is 2.20 bits per heavy atom. The van der Waals surface area contributed by atoms with Crippen LogP contribution in [0, 0.1) is 5.82 Å². The lowest BCUT2D eigenvalue weighted by molar-refractivity contribution is 0.275. The number of hydrogen-bond acceptors (Lipinski definition) is 2. The molecule has 0 aliphatic heterocycles. The van der Waals surface area contributed by atoms with Gasteiger partial charge in [-0.3, -0.25) is 0 Å². The van der Waals surface area contributed by atoms with Gasteiger partial charge in [-0.25, -0.2) is 4.39 Å². The maximum absolute atomic E-state index is 13.1. The van der Waals surface area contributed by atoms with Crippen molar-refractivity contribution in [3.63, 3.8) is 0 Å². The van der Waals surface area contributed by atoms with Crippen LogP contribution in [0.15, 0.2) is 18.2 Å². The number of nitrogens with one attached hydrogen (secondary N) is 1. The van der Waals surface area contributed by atoms with E-state index in [0.29, 0.717) is 18.2 Å². The normalized spacial score (nSPS) is 12.8. The number of aliphatic hydroxyl groups is 1. The zero-order chi connectivity index (χ0) is 11.3. The molecule has 0 aliphatic rings. The van der Waals surface area contributed by atoms with Gasteiger partial charge in [0.25, 0.3) is 0 Å². The Labute approximate surface area is 90.1 Å². The van der Waals surface area contributed by atoms with Gasteiger partial charge in [-0.15, -0.1) is 0 Å². The number of hydrogen-bond donors (Lipinski definition) is 2. The molecule has 3 heteroatoms. The van der Waals surface area contributed by atoms with E-state index in [4.69, 9.17) is 5.11 Å². The molecule has 0 saturated heterocycles. The Hall–Kier alpha value is -0.930. The highest BCUT2D eigenvalue weighted by Crippen LogP contribution is 2.10. The lowest BCUT2D eigenvalue weighted by Gasteiger charge is -2.11. The van der Waals surface area contributed by atoms with E-state index in [9.17, 15) is 4.39 Å². The second kappa shape index (κ2) is 5.83. The van der Waals surface area contributed by atoms with Crippen LogP contribution in [0.4, 0.5) is 4.39 Å². The standard InChI is InChI=1S/C12H18FNO/c1-3-9(2)14-7-10-4-5-12(13)11(6-10)8-15/h4-6,9,14-15H,3,7-8H2,1-2H3. The predicted molar refractivity (Wildman–Crippen MR) is 58.9 cm³/mol. The first-order chi connectivity index (χ1) is 7.17. The van der Waals surface area contributed by atoms with Gasteiger partial charge < -0.3 is 10.4 Å². The third-order valence-corrected chi connectivity index (χ3v) is 2.55. The van der Waals surface area contributed by atoms with Gasteiger partial charge in [0.05, 0.1) is 6.61 Å². The Balaban J connectivity index is 2.62. The summed E-state index contributed by atoms with van der Waals surface area (Å²) in [5, 5.41) is 12.2. The van der Waals surface area contributed by atoms with Crippen molar-refractivity contribution in [2.75, 3.05) is 0 Å². The minimum Gasteiger partial charge on any atom is -0.392 e. The molecular weight excluding hydrogens is 193 g/mol. The molecule has 0 aromatic heterocycles. The van der Waals surface area contributed by atoms with Crippen LogP contribution in [0.1, 0.15) is 31.4 Å². The van der Waals surface area contributed by atoms with Gasteiger partial charge in [0.15, 0.2) is 0 Å². The second-order valence-electron chi connectivity index (χ2n) is 3.77. The Kier molecular flexibility index (Phi) is 4.72. The fraction of sp³-hybridized carbons (Fsp3) is 0.500. The zero-order valence-electron chi connectivity index (χ0n) is 9.26. The molecule has 1 unspecified atom stereocenters. The van der Waals surface area contributed by atoms with E-state index in [1.807, 2.05) is 0 Å². The SMILES string of the molecule is CCC(C)NCc1ccc(F)c(CO)c1. The van der Waals surface area contributed by atoms with Gasteiger partial charge in [-0.2, -0.15) is 0 Å². The van der Waals surface area contributed by atoms with Crippen molar-refractivity contribution >= 4 is 0 Å². The molecule has 0 aliphatic carbocycles. The summed E-state index contributed by atoms with van der Waals surface area (Å²) in [6.45, 7) is 4.68. The van der Waals surface area contributed by atoms with Crippen LogP contribution in [0.25, 0.3) is 0 Å². The minimum atomic E-state index is -0.343. The average molecular weight is 211 g/mol. The monoisotopic (exact) mass is 211 g/mol. The average Bonchev–Trinajstić information content (AvgIpc) is 2.27. The summed E-state index contributed by atoms with van der Waals surface area (Å²) >= 11 is 0. The molecule has 0 heterocycles. The van der Waals surface area contributed by atoms with Crippen LogP contribution in [0.2, 0.25) is 0 Å². The van der Waals surface area contributed by atoms with Crippen molar-refractivity contribution in [1.29, 1.82) is 0 Å². The lowest BCUT2D eigenvalue weighted by atomic mass is 10.1. The van der Waals surface area contributed by atoms with Crippen LogP contribution in [0.5, 0.6) is 0 Å². The number of rotatable bonds is 5. The summed E-state index contributed by atoms with van der Waals surface area (Å²) in [6.07, 6.45) is 1.06. The lowest BCUT2D eigenvalue weighted by Crippen LogP contribution is -2.24.